The zero-order chi connectivity index (χ0) is 16.1. The number of nitro benzene ring substituents is 1. The van der Waals surface area contributed by atoms with E-state index in [4.69, 9.17) is 16.7 Å². The number of carbonyl (C=O) groups is 1. The molecule has 0 aliphatic carbocycles. The molecule has 0 aliphatic rings. The highest BCUT2D eigenvalue weighted by Gasteiger charge is 2.19. The van der Waals surface area contributed by atoms with E-state index in [2.05, 4.69) is 5.32 Å². The molecule has 2 aromatic rings. The van der Waals surface area contributed by atoms with Crippen LogP contribution in [-0.2, 0) is 0 Å². The van der Waals surface area contributed by atoms with Crippen LogP contribution in [0.3, 0.4) is 0 Å². The van der Waals surface area contributed by atoms with Crippen LogP contribution in [0.25, 0.3) is 0 Å². The zero-order valence-corrected chi connectivity index (χ0v) is 12.2. The SMILES string of the molecule is O=C(c1ccccc1Cl)c1cc([N+](=O)[O-])ccc1NCCO. The third-order valence-corrected chi connectivity index (χ3v) is 3.33. The van der Waals surface area contributed by atoms with Gasteiger partial charge in [0, 0.05) is 29.9 Å². The van der Waals surface area contributed by atoms with Gasteiger partial charge in [-0.1, -0.05) is 23.7 Å². The lowest BCUT2D eigenvalue weighted by molar-refractivity contribution is -0.384. The van der Waals surface area contributed by atoms with Crippen molar-refractivity contribution in [2.24, 2.45) is 0 Å². The first-order chi connectivity index (χ1) is 10.5. The standard InChI is InChI=1S/C15H13ClN2O4/c16-13-4-2-1-3-11(13)15(20)12-9-10(18(21)22)5-6-14(12)17-7-8-19/h1-6,9,17,19H,7-8H2. The van der Waals surface area contributed by atoms with Crippen LogP contribution in [0.15, 0.2) is 42.5 Å². The molecule has 22 heavy (non-hydrogen) atoms. The second kappa shape index (κ2) is 7.02. The van der Waals surface area contributed by atoms with E-state index in [0.29, 0.717) is 5.69 Å². The van der Waals surface area contributed by atoms with Gasteiger partial charge in [-0.05, 0) is 18.2 Å². The Balaban J connectivity index is 2.50. The molecule has 2 aromatic carbocycles. The smallest absolute Gasteiger partial charge is 0.270 e. The number of halogens is 1. The van der Waals surface area contributed by atoms with Gasteiger partial charge in [0.05, 0.1) is 22.1 Å². The fraction of sp³-hybridized carbons (Fsp3) is 0.133. The highest BCUT2D eigenvalue weighted by Crippen LogP contribution is 2.27. The predicted molar refractivity (Wildman–Crippen MR) is 83.6 cm³/mol. The van der Waals surface area contributed by atoms with Crippen LogP contribution >= 0.6 is 11.6 Å². The Labute approximate surface area is 131 Å². The zero-order valence-electron chi connectivity index (χ0n) is 11.5. The number of rotatable bonds is 6. The van der Waals surface area contributed by atoms with Gasteiger partial charge in [0.25, 0.3) is 5.69 Å². The molecule has 0 atom stereocenters. The van der Waals surface area contributed by atoms with Crippen molar-refractivity contribution >= 4 is 28.8 Å². The van der Waals surface area contributed by atoms with Gasteiger partial charge in [-0.3, -0.25) is 14.9 Å². The van der Waals surface area contributed by atoms with Crippen molar-refractivity contribution in [3.8, 4) is 0 Å². The number of benzene rings is 2. The van der Waals surface area contributed by atoms with Gasteiger partial charge in [0.2, 0.25) is 0 Å². The summed E-state index contributed by atoms with van der Waals surface area (Å²) in [6.07, 6.45) is 0. The van der Waals surface area contributed by atoms with E-state index in [1.54, 1.807) is 24.3 Å². The Morgan fingerprint density at radius 3 is 2.59 bits per heavy atom. The highest BCUT2D eigenvalue weighted by molar-refractivity contribution is 6.35. The number of nitro groups is 1. The van der Waals surface area contributed by atoms with E-state index in [-0.39, 0.29) is 35.0 Å². The van der Waals surface area contributed by atoms with Crippen LogP contribution in [0, 0.1) is 10.1 Å². The van der Waals surface area contributed by atoms with Gasteiger partial charge >= 0.3 is 0 Å². The van der Waals surface area contributed by atoms with Crippen LogP contribution < -0.4 is 5.32 Å². The minimum absolute atomic E-state index is 0.128. The maximum absolute atomic E-state index is 12.6. The summed E-state index contributed by atoms with van der Waals surface area (Å²) in [7, 11) is 0. The summed E-state index contributed by atoms with van der Waals surface area (Å²) in [5.74, 6) is -0.422. The van der Waals surface area contributed by atoms with E-state index in [0.717, 1.165) is 0 Å². The van der Waals surface area contributed by atoms with Gasteiger partial charge in [0.15, 0.2) is 5.78 Å². The summed E-state index contributed by atoms with van der Waals surface area (Å²) in [6.45, 7) is 0.0946. The maximum atomic E-state index is 12.6. The third kappa shape index (κ3) is 3.41. The van der Waals surface area contributed by atoms with E-state index in [1.165, 1.54) is 18.2 Å². The van der Waals surface area contributed by atoms with Crippen molar-refractivity contribution in [2.45, 2.75) is 0 Å². The van der Waals surface area contributed by atoms with Gasteiger partial charge < -0.3 is 10.4 Å². The number of nitrogens with one attached hydrogen (secondary N) is 1. The molecule has 0 unspecified atom stereocenters. The molecule has 0 spiro atoms. The number of aliphatic hydroxyl groups excluding tert-OH is 1. The van der Waals surface area contributed by atoms with Crippen LogP contribution in [0.1, 0.15) is 15.9 Å². The summed E-state index contributed by atoms with van der Waals surface area (Å²) in [5, 5.41) is 22.9. The lowest BCUT2D eigenvalue weighted by Gasteiger charge is -2.11. The quantitative estimate of drug-likeness (QED) is 0.485. The van der Waals surface area contributed by atoms with Crippen molar-refractivity contribution in [2.75, 3.05) is 18.5 Å². The summed E-state index contributed by atoms with van der Waals surface area (Å²) < 4.78 is 0. The number of non-ortho nitro benzene ring substituents is 1. The molecular formula is C15H13ClN2O4. The third-order valence-electron chi connectivity index (χ3n) is 3.00. The Morgan fingerprint density at radius 2 is 1.95 bits per heavy atom. The molecule has 0 aliphatic heterocycles. The normalized spacial score (nSPS) is 10.3. The molecule has 6 nitrogen and oxygen atoms in total. The van der Waals surface area contributed by atoms with Gasteiger partial charge in [0.1, 0.15) is 0 Å². The van der Waals surface area contributed by atoms with Crippen molar-refractivity contribution in [3.63, 3.8) is 0 Å². The number of aliphatic hydroxyl groups is 1. The lowest BCUT2D eigenvalue weighted by atomic mass is 10.0. The first-order valence-electron chi connectivity index (χ1n) is 6.47. The molecule has 0 amide bonds. The van der Waals surface area contributed by atoms with Crippen LogP contribution in [0.2, 0.25) is 5.02 Å². The van der Waals surface area contributed by atoms with Crippen LogP contribution in [-0.4, -0.2) is 29.0 Å². The maximum Gasteiger partial charge on any atom is 0.270 e. The van der Waals surface area contributed by atoms with Crippen LogP contribution in [0.4, 0.5) is 11.4 Å². The van der Waals surface area contributed by atoms with Crippen molar-refractivity contribution in [1.29, 1.82) is 0 Å². The molecule has 0 radical (unpaired) electrons. The van der Waals surface area contributed by atoms with Crippen molar-refractivity contribution in [1.82, 2.24) is 0 Å². The highest BCUT2D eigenvalue weighted by atomic mass is 35.5. The summed E-state index contributed by atoms with van der Waals surface area (Å²) in [6, 6.07) is 10.4. The summed E-state index contributed by atoms with van der Waals surface area (Å²) in [4.78, 5) is 23.0. The molecule has 0 aromatic heterocycles. The van der Waals surface area contributed by atoms with Crippen LogP contribution in [0.5, 0.6) is 0 Å². The summed E-state index contributed by atoms with van der Waals surface area (Å²) >= 11 is 6.01. The Morgan fingerprint density at radius 1 is 1.23 bits per heavy atom. The number of hydrogen-bond donors (Lipinski definition) is 2. The second-order valence-corrected chi connectivity index (χ2v) is 4.85. The first-order valence-corrected chi connectivity index (χ1v) is 6.84. The van der Waals surface area contributed by atoms with Gasteiger partial charge in [-0.25, -0.2) is 0 Å². The largest absolute Gasteiger partial charge is 0.395 e. The van der Waals surface area contributed by atoms with Gasteiger partial charge in [-0.2, -0.15) is 0 Å². The molecule has 0 bridgehead atoms. The van der Waals surface area contributed by atoms with E-state index in [9.17, 15) is 14.9 Å². The molecule has 7 heteroatoms. The molecule has 0 saturated carbocycles. The molecule has 0 fully saturated rings. The van der Waals surface area contributed by atoms with Crippen molar-refractivity contribution in [3.05, 3.63) is 68.7 Å². The van der Waals surface area contributed by atoms with E-state index >= 15 is 0 Å². The Hall–Kier alpha value is -2.44. The van der Waals surface area contributed by atoms with Gasteiger partial charge in [-0.15, -0.1) is 0 Å². The molecular weight excluding hydrogens is 308 g/mol. The number of hydrogen-bond acceptors (Lipinski definition) is 5. The molecule has 0 saturated heterocycles. The van der Waals surface area contributed by atoms with E-state index in [1.807, 2.05) is 0 Å². The topological polar surface area (TPSA) is 92.5 Å². The monoisotopic (exact) mass is 320 g/mol. The minimum atomic E-state index is -0.570. The first kappa shape index (κ1) is 15.9. The number of anilines is 1. The molecule has 2 rings (SSSR count). The molecule has 0 heterocycles. The number of nitrogens with zero attached hydrogens (tertiary/aromatic N) is 1. The minimum Gasteiger partial charge on any atom is -0.395 e. The Bertz CT molecular complexity index is 718. The average Bonchev–Trinajstić information content (AvgIpc) is 2.52. The number of ketones is 1. The van der Waals surface area contributed by atoms with Crippen molar-refractivity contribution < 1.29 is 14.8 Å². The summed E-state index contributed by atoms with van der Waals surface area (Å²) in [5.41, 5.74) is 0.613. The van der Waals surface area contributed by atoms with E-state index < -0.39 is 10.7 Å². The fourth-order valence-electron chi connectivity index (χ4n) is 1.97. The second-order valence-electron chi connectivity index (χ2n) is 4.45. The fourth-order valence-corrected chi connectivity index (χ4v) is 2.19. The lowest BCUT2D eigenvalue weighted by Crippen LogP contribution is -2.11. The Kier molecular flexibility index (Phi) is 5.08. The molecule has 2 N–H and O–H groups in total. The predicted octanol–water partition coefficient (Wildman–Crippen LogP) is 2.88. The number of carbonyl (C=O) groups excluding carboxylic acids is 1. The average molecular weight is 321 g/mol. The molecule has 114 valence electrons.